The van der Waals surface area contributed by atoms with Crippen molar-refractivity contribution in [3.05, 3.63) is 23.0 Å². The third kappa shape index (κ3) is 4.35. The Morgan fingerprint density at radius 1 is 1.42 bits per heavy atom. The van der Waals surface area contributed by atoms with Crippen LogP contribution in [-0.4, -0.2) is 19.5 Å². The normalized spacial score (nSPS) is 14.6. The van der Waals surface area contributed by atoms with Gasteiger partial charge in [-0.05, 0) is 37.9 Å². The van der Waals surface area contributed by atoms with Gasteiger partial charge in [0.15, 0.2) is 8.32 Å². The van der Waals surface area contributed by atoms with Crippen molar-refractivity contribution in [3.63, 3.8) is 0 Å². The molecule has 0 radical (unpaired) electrons. The summed E-state index contributed by atoms with van der Waals surface area (Å²) in [7, 11) is -1.64. The van der Waals surface area contributed by atoms with Crippen LogP contribution in [0.5, 0.6) is 0 Å². The first-order valence-corrected chi connectivity index (χ1v) is 9.85. The quantitative estimate of drug-likeness (QED) is 0.590. The largest absolute Gasteiger partial charge is 0.419 e. The predicted molar refractivity (Wildman–Crippen MR) is 80.1 cm³/mol. The van der Waals surface area contributed by atoms with Gasteiger partial charge in [-0.1, -0.05) is 20.8 Å². The summed E-state index contributed by atoms with van der Waals surface area (Å²) >= 11 is 0. The van der Waals surface area contributed by atoms with E-state index in [4.69, 9.17) is 8.84 Å². The van der Waals surface area contributed by atoms with Gasteiger partial charge in [-0.25, -0.2) is 4.79 Å². The number of aromatic nitrogens is 1. The Balaban J connectivity index is 2.36. The number of rotatable bonds is 6. The molecule has 5 heteroatoms. The minimum absolute atomic E-state index is 0.161. The Morgan fingerprint density at radius 3 is 2.53 bits per heavy atom. The van der Waals surface area contributed by atoms with E-state index in [2.05, 4.69) is 33.9 Å². The maximum atomic E-state index is 11.4. The third-order valence-electron chi connectivity index (χ3n) is 4.11. The molecular formula is C14H27NO3Si. The molecule has 0 aliphatic heterocycles. The lowest BCUT2D eigenvalue weighted by molar-refractivity contribution is 0.268. The standard InChI is InChI=1S/C14H27NO3Si/c1-12(15-9-11-17-13(15)16)8-7-10-18-19(5,6)14(2,3)4/h9,11-12H,7-8,10H2,1-6H3. The first kappa shape index (κ1) is 16.2. The van der Waals surface area contributed by atoms with Gasteiger partial charge in [-0.15, -0.1) is 0 Å². The van der Waals surface area contributed by atoms with Crippen LogP contribution in [0, 0.1) is 0 Å². The van der Waals surface area contributed by atoms with Crippen molar-refractivity contribution in [2.45, 2.75) is 64.7 Å². The lowest BCUT2D eigenvalue weighted by Crippen LogP contribution is -2.41. The molecule has 19 heavy (non-hydrogen) atoms. The average molecular weight is 285 g/mol. The van der Waals surface area contributed by atoms with Crippen LogP contribution in [0.1, 0.15) is 46.6 Å². The van der Waals surface area contributed by atoms with Crippen LogP contribution in [0.3, 0.4) is 0 Å². The van der Waals surface area contributed by atoms with Crippen LogP contribution < -0.4 is 5.76 Å². The van der Waals surface area contributed by atoms with Gasteiger partial charge in [0.25, 0.3) is 0 Å². The molecule has 0 aromatic carbocycles. The van der Waals surface area contributed by atoms with Gasteiger partial charge in [-0.2, -0.15) is 0 Å². The zero-order chi connectivity index (χ0) is 14.7. The molecule has 0 spiro atoms. The van der Waals surface area contributed by atoms with Crippen molar-refractivity contribution in [3.8, 4) is 0 Å². The summed E-state index contributed by atoms with van der Waals surface area (Å²) in [5, 5.41) is 0.250. The molecule has 1 aromatic heterocycles. The summed E-state index contributed by atoms with van der Waals surface area (Å²) in [6.07, 6.45) is 5.02. The van der Waals surface area contributed by atoms with E-state index in [0.29, 0.717) is 0 Å². The summed E-state index contributed by atoms with van der Waals surface area (Å²) in [4.78, 5) is 11.4. The summed E-state index contributed by atoms with van der Waals surface area (Å²) in [6, 6.07) is 0.161. The van der Waals surface area contributed by atoms with E-state index in [1.807, 2.05) is 6.92 Å². The second-order valence-corrected chi connectivity index (χ2v) is 11.5. The molecule has 0 N–H and O–H groups in total. The highest BCUT2D eigenvalue weighted by Gasteiger charge is 2.36. The van der Waals surface area contributed by atoms with Crippen LogP contribution in [0.25, 0.3) is 0 Å². The van der Waals surface area contributed by atoms with Crippen molar-refractivity contribution in [1.82, 2.24) is 4.57 Å². The molecule has 0 bridgehead atoms. The van der Waals surface area contributed by atoms with E-state index < -0.39 is 8.32 Å². The van der Waals surface area contributed by atoms with E-state index in [9.17, 15) is 4.79 Å². The molecule has 1 heterocycles. The van der Waals surface area contributed by atoms with Crippen LogP contribution in [0.4, 0.5) is 0 Å². The van der Waals surface area contributed by atoms with Crippen LogP contribution in [-0.2, 0) is 4.43 Å². The number of hydrogen-bond donors (Lipinski definition) is 0. The van der Waals surface area contributed by atoms with E-state index in [0.717, 1.165) is 19.4 Å². The SMILES string of the molecule is CC(CCCO[Si](C)(C)C(C)(C)C)n1ccoc1=O. The summed E-state index contributed by atoms with van der Waals surface area (Å²) in [5.41, 5.74) is 0. The van der Waals surface area contributed by atoms with E-state index in [1.54, 1.807) is 10.8 Å². The van der Waals surface area contributed by atoms with Gasteiger partial charge in [0.05, 0.1) is 0 Å². The first-order valence-electron chi connectivity index (χ1n) is 6.95. The van der Waals surface area contributed by atoms with Gasteiger partial charge >= 0.3 is 5.76 Å². The molecule has 1 atom stereocenters. The molecule has 0 aliphatic carbocycles. The van der Waals surface area contributed by atoms with Gasteiger partial charge in [-0.3, -0.25) is 4.57 Å². The summed E-state index contributed by atoms with van der Waals surface area (Å²) in [5.74, 6) is -0.280. The Morgan fingerprint density at radius 2 is 2.05 bits per heavy atom. The summed E-state index contributed by atoms with van der Waals surface area (Å²) in [6.45, 7) is 14.1. The molecule has 0 saturated carbocycles. The topological polar surface area (TPSA) is 44.4 Å². The third-order valence-corrected chi connectivity index (χ3v) is 8.65. The van der Waals surface area contributed by atoms with Crippen molar-refractivity contribution in [1.29, 1.82) is 0 Å². The lowest BCUT2D eigenvalue weighted by Gasteiger charge is -2.36. The van der Waals surface area contributed by atoms with Crippen molar-refractivity contribution in [2.24, 2.45) is 0 Å². The smallest absolute Gasteiger partial charge is 0.417 e. The van der Waals surface area contributed by atoms with Crippen LogP contribution in [0.2, 0.25) is 18.1 Å². The van der Waals surface area contributed by atoms with E-state index >= 15 is 0 Å². The number of hydrogen-bond acceptors (Lipinski definition) is 3. The summed E-state index contributed by atoms with van der Waals surface area (Å²) < 4.78 is 12.5. The van der Waals surface area contributed by atoms with Gasteiger partial charge in [0, 0.05) is 18.8 Å². The molecule has 1 unspecified atom stereocenters. The number of nitrogens with zero attached hydrogens (tertiary/aromatic N) is 1. The minimum Gasteiger partial charge on any atom is -0.417 e. The highest BCUT2D eigenvalue weighted by Crippen LogP contribution is 2.36. The second kappa shape index (κ2) is 6.09. The van der Waals surface area contributed by atoms with E-state index in [1.165, 1.54) is 6.26 Å². The zero-order valence-electron chi connectivity index (χ0n) is 13.0. The number of oxazole rings is 1. The Kier molecular flexibility index (Phi) is 5.21. The van der Waals surface area contributed by atoms with E-state index in [-0.39, 0.29) is 16.8 Å². The van der Waals surface area contributed by atoms with Crippen molar-refractivity contribution >= 4 is 8.32 Å². The highest BCUT2D eigenvalue weighted by molar-refractivity contribution is 6.74. The molecule has 0 aliphatic rings. The van der Waals surface area contributed by atoms with Gasteiger partial charge in [0.2, 0.25) is 0 Å². The Hall–Kier alpha value is -0.813. The zero-order valence-corrected chi connectivity index (χ0v) is 14.0. The van der Waals surface area contributed by atoms with Crippen molar-refractivity contribution < 1.29 is 8.84 Å². The monoisotopic (exact) mass is 285 g/mol. The predicted octanol–water partition coefficient (Wildman–Crippen LogP) is 3.80. The maximum Gasteiger partial charge on any atom is 0.419 e. The van der Waals surface area contributed by atoms with Gasteiger partial charge in [0.1, 0.15) is 6.26 Å². The molecule has 1 rings (SSSR count). The molecule has 0 fully saturated rings. The molecule has 4 nitrogen and oxygen atoms in total. The van der Waals surface area contributed by atoms with Crippen LogP contribution in [0.15, 0.2) is 21.7 Å². The molecular weight excluding hydrogens is 258 g/mol. The molecule has 110 valence electrons. The highest BCUT2D eigenvalue weighted by atomic mass is 28.4. The van der Waals surface area contributed by atoms with Gasteiger partial charge < -0.3 is 8.84 Å². The fourth-order valence-electron chi connectivity index (χ4n) is 1.66. The molecule has 0 saturated heterocycles. The Bertz CT molecular complexity index is 442. The fraction of sp³-hybridized carbons (Fsp3) is 0.786. The molecule has 1 aromatic rings. The minimum atomic E-state index is -1.64. The maximum absolute atomic E-state index is 11.4. The second-order valence-electron chi connectivity index (χ2n) is 6.68. The Labute approximate surface area is 116 Å². The van der Waals surface area contributed by atoms with Crippen LogP contribution >= 0.6 is 0 Å². The lowest BCUT2D eigenvalue weighted by atomic mass is 10.2. The van der Waals surface area contributed by atoms with Crippen molar-refractivity contribution in [2.75, 3.05) is 6.61 Å². The molecule has 0 amide bonds. The fourth-order valence-corrected chi connectivity index (χ4v) is 2.75. The first-order chi connectivity index (χ1) is 8.65. The average Bonchev–Trinajstić information content (AvgIpc) is 2.69.